The van der Waals surface area contributed by atoms with Crippen molar-refractivity contribution in [3.05, 3.63) is 42.5 Å². The van der Waals surface area contributed by atoms with Crippen LogP contribution in [0.5, 0.6) is 0 Å². The molecule has 0 radical (unpaired) electrons. The summed E-state index contributed by atoms with van der Waals surface area (Å²) < 4.78 is 1.72. The average molecular weight is 313 g/mol. The molecule has 1 aliphatic heterocycles. The number of hydrogen-bond donors (Lipinski definition) is 1. The number of nitrogens with zero attached hydrogens (tertiary/aromatic N) is 4. The van der Waals surface area contributed by atoms with Gasteiger partial charge in [-0.3, -0.25) is 9.69 Å². The summed E-state index contributed by atoms with van der Waals surface area (Å²) in [7, 11) is 2.04. The Balaban J connectivity index is 1.67. The number of nitrogens with one attached hydrogen (secondary N) is 1. The number of amides is 1. The van der Waals surface area contributed by atoms with E-state index in [2.05, 4.69) is 20.3 Å². The van der Waals surface area contributed by atoms with Gasteiger partial charge in [0.1, 0.15) is 12.7 Å². The number of rotatable bonds is 4. The topological polar surface area (TPSA) is 63.1 Å². The van der Waals surface area contributed by atoms with Crippen molar-refractivity contribution in [3.8, 4) is 5.69 Å². The van der Waals surface area contributed by atoms with E-state index >= 15 is 0 Å². The summed E-state index contributed by atoms with van der Waals surface area (Å²) in [5.41, 5.74) is 1.97. The summed E-state index contributed by atoms with van der Waals surface area (Å²) in [6.45, 7) is 1.49. The SMILES string of the molecule is CN1CCCCCC1C(=O)NCc1ccccc1-n1cncn1. The van der Waals surface area contributed by atoms with Gasteiger partial charge in [-0.15, -0.1) is 0 Å². The van der Waals surface area contributed by atoms with Crippen LogP contribution >= 0.6 is 0 Å². The lowest BCUT2D eigenvalue weighted by atomic mass is 10.1. The van der Waals surface area contributed by atoms with Crippen molar-refractivity contribution in [1.29, 1.82) is 0 Å². The molecule has 23 heavy (non-hydrogen) atoms. The molecule has 0 aliphatic carbocycles. The van der Waals surface area contributed by atoms with Gasteiger partial charge in [-0.25, -0.2) is 9.67 Å². The fourth-order valence-corrected chi connectivity index (χ4v) is 3.10. The smallest absolute Gasteiger partial charge is 0.237 e. The van der Waals surface area contributed by atoms with E-state index in [1.165, 1.54) is 19.2 Å². The van der Waals surface area contributed by atoms with Gasteiger partial charge in [0.15, 0.2) is 0 Å². The molecule has 3 rings (SSSR count). The van der Waals surface area contributed by atoms with Gasteiger partial charge in [-0.2, -0.15) is 5.10 Å². The van der Waals surface area contributed by atoms with E-state index in [9.17, 15) is 4.79 Å². The molecule has 1 atom stereocenters. The van der Waals surface area contributed by atoms with Crippen LogP contribution in [0.15, 0.2) is 36.9 Å². The Kier molecular flexibility index (Phi) is 5.02. The molecule has 2 heterocycles. The molecule has 1 aliphatic rings. The van der Waals surface area contributed by atoms with E-state index in [1.54, 1.807) is 11.0 Å². The Morgan fingerprint density at radius 2 is 2.17 bits per heavy atom. The normalized spacial score (nSPS) is 19.3. The van der Waals surface area contributed by atoms with E-state index in [0.29, 0.717) is 6.54 Å². The van der Waals surface area contributed by atoms with Crippen LogP contribution in [0.25, 0.3) is 5.69 Å². The van der Waals surface area contributed by atoms with E-state index in [0.717, 1.165) is 30.6 Å². The van der Waals surface area contributed by atoms with E-state index < -0.39 is 0 Å². The van der Waals surface area contributed by atoms with Crippen LogP contribution < -0.4 is 5.32 Å². The second-order valence-corrected chi connectivity index (χ2v) is 6.03. The highest BCUT2D eigenvalue weighted by atomic mass is 16.2. The molecule has 2 aromatic rings. The Morgan fingerprint density at radius 1 is 1.30 bits per heavy atom. The summed E-state index contributed by atoms with van der Waals surface area (Å²) in [6, 6.07) is 7.90. The third-order valence-electron chi connectivity index (χ3n) is 4.43. The first-order valence-electron chi connectivity index (χ1n) is 8.16. The first-order valence-corrected chi connectivity index (χ1v) is 8.16. The maximum Gasteiger partial charge on any atom is 0.237 e. The van der Waals surface area contributed by atoms with Crippen molar-refractivity contribution in [2.45, 2.75) is 38.3 Å². The number of carbonyl (C=O) groups is 1. The van der Waals surface area contributed by atoms with Crippen molar-refractivity contribution < 1.29 is 4.79 Å². The zero-order valence-electron chi connectivity index (χ0n) is 13.5. The molecule has 1 N–H and O–H groups in total. The van der Waals surface area contributed by atoms with Crippen LogP contribution in [0.3, 0.4) is 0 Å². The molecule has 1 aromatic carbocycles. The molecule has 1 fully saturated rings. The lowest BCUT2D eigenvalue weighted by molar-refractivity contribution is -0.126. The third kappa shape index (κ3) is 3.76. The number of carbonyl (C=O) groups excluding carboxylic acids is 1. The van der Waals surface area contributed by atoms with Crippen molar-refractivity contribution in [2.24, 2.45) is 0 Å². The highest BCUT2D eigenvalue weighted by Crippen LogP contribution is 2.16. The maximum absolute atomic E-state index is 12.5. The molecule has 122 valence electrons. The number of likely N-dealkylation sites (N-methyl/N-ethyl adjacent to an activating group) is 1. The van der Waals surface area contributed by atoms with Gasteiger partial charge >= 0.3 is 0 Å². The molecule has 0 saturated carbocycles. The zero-order chi connectivity index (χ0) is 16.1. The minimum atomic E-state index is -0.0176. The van der Waals surface area contributed by atoms with Crippen molar-refractivity contribution >= 4 is 5.91 Å². The monoisotopic (exact) mass is 313 g/mol. The quantitative estimate of drug-likeness (QED) is 0.934. The van der Waals surface area contributed by atoms with Gasteiger partial charge in [0, 0.05) is 6.54 Å². The fourth-order valence-electron chi connectivity index (χ4n) is 3.10. The van der Waals surface area contributed by atoms with Crippen molar-refractivity contribution in [2.75, 3.05) is 13.6 Å². The average Bonchev–Trinajstić information content (AvgIpc) is 3.02. The van der Waals surface area contributed by atoms with Gasteiger partial charge in [-0.1, -0.05) is 31.0 Å². The maximum atomic E-state index is 12.5. The van der Waals surface area contributed by atoms with Crippen LogP contribution in [0, 0.1) is 0 Å². The first kappa shape index (κ1) is 15.7. The summed E-state index contributed by atoms with van der Waals surface area (Å²) in [5, 5.41) is 7.26. The zero-order valence-corrected chi connectivity index (χ0v) is 13.5. The summed E-state index contributed by atoms with van der Waals surface area (Å²) in [6.07, 6.45) is 7.62. The van der Waals surface area contributed by atoms with Crippen molar-refractivity contribution in [3.63, 3.8) is 0 Å². The number of likely N-dealkylation sites (tertiary alicyclic amines) is 1. The molecular weight excluding hydrogens is 290 g/mol. The molecular formula is C17H23N5O. The highest BCUT2D eigenvalue weighted by molar-refractivity contribution is 5.81. The molecule has 1 unspecified atom stereocenters. The largest absolute Gasteiger partial charge is 0.351 e. The van der Waals surface area contributed by atoms with Crippen LogP contribution in [-0.2, 0) is 11.3 Å². The van der Waals surface area contributed by atoms with E-state index in [4.69, 9.17) is 0 Å². The molecule has 0 bridgehead atoms. The van der Waals surface area contributed by atoms with Gasteiger partial charge in [0.2, 0.25) is 5.91 Å². The Labute approximate surface area is 136 Å². The molecule has 1 aromatic heterocycles. The standard InChI is InChI=1S/C17H23N5O/c1-21-10-6-2-3-9-16(21)17(23)19-11-14-7-4-5-8-15(14)22-13-18-12-20-22/h4-5,7-8,12-13,16H,2-3,6,9-11H2,1H3,(H,19,23). The van der Waals surface area contributed by atoms with Gasteiger partial charge in [-0.05, 0) is 38.1 Å². The lowest BCUT2D eigenvalue weighted by Crippen LogP contribution is -2.44. The van der Waals surface area contributed by atoms with Crippen molar-refractivity contribution in [1.82, 2.24) is 25.0 Å². The predicted octanol–water partition coefficient (Wildman–Crippen LogP) is 1.76. The molecule has 1 saturated heterocycles. The first-order chi connectivity index (χ1) is 11.3. The van der Waals surface area contributed by atoms with Crippen LogP contribution in [0.1, 0.15) is 31.2 Å². The molecule has 6 nitrogen and oxygen atoms in total. The Bertz CT molecular complexity index is 640. The third-order valence-corrected chi connectivity index (χ3v) is 4.43. The summed E-state index contributed by atoms with van der Waals surface area (Å²) in [5.74, 6) is 0.114. The number of para-hydroxylation sites is 1. The fraction of sp³-hybridized carbons (Fsp3) is 0.471. The van der Waals surface area contributed by atoms with Gasteiger partial charge in [0.25, 0.3) is 0 Å². The lowest BCUT2D eigenvalue weighted by Gasteiger charge is -2.24. The molecule has 6 heteroatoms. The number of hydrogen-bond acceptors (Lipinski definition) is 4. The molecule has 0 spiro atoms. The van der Waals surface area contributed by atoms with Crippen LogP contribution in [0.2, 0.25) is 0 Å². The number of benzene rings is 1. The Hall–Kier alpha value is -2.21. The minimum Gasteiger partial charge on any atom is -0.351 e. The predicted molar refractivity (Wildman–Crippen MR) is 88.1 cm³/mol. The molecule has 1 amide bonds. The Morgan fingerprint density at radius 3 is 3.00 bits per heavy atom. The van der Waals surface area contributed by atoms with Crippen LogP contribution in [0.4, 0.5) is 0 Å². The second-order valence-electron chi connectivity index (χ2n) is 6.03. The van der Waals surface area contributed by atoms with Gasteiger partial charge in [0.05, 0.1) is 11.7 Å². The minimum absolute atomic E-state index is 0.0176. The highest BCUT2D eigenvalue weighted by Gasteiger charge is 2.24. The van der Waals surface area contributed by atoms with E-state index in [-0.39, 0.29) is 11.9 Å². The summed E-state index contributed by atoms with van der Waals surface area (Å²) in [4.78, 5) is 18.7. The second kappa shape index (κ2) is 7.37. The van der Waals surface area contributed by atoms with Crippen LogP contribution in [-0.4, -0.2) is 45.2 Å². The number of aromatic nitrogens is 3. The van der Waals surface area contributed by atoms with Gasteiger partial charge < -0.3 is 5.32 Å². The summed E-state index contributed by atoms with van der Waals surface area (Å²) >= 11 is 0. The van der Waals surface area contributed by atoms with E-state index in [1.807, 2.05) is 31.3 Å².